The van der Waals surface area contributed by atoms with E-state index in [9.17, 15) is 26.9 Å². The number of primary sulfonamides is 1. The quantitative estimate of drug-likeness (QED) is 0.445. The molecule has 0 aliphatic carbocycles. The number of nitrogens with two attached hydrogens (primary N) is 1. The molecule has 1 saturated heterocycles. The summed E-state index contributed by atoms with van der Waals surface area (Å²) in [6.07, 6.45) is 0. The number of hydrogen-bond acceptors (Lipinski definition) is 8. The summed E-state index contributed by atoms with van der Waals surface area (Å²) in [5.74, 6) is 0. The molecule has 31 heavy (non-hydrogen) atoms. The molecule has 0 aromatic heterocycles. The number of nitro groups is 1. The second kappa shape index (κ2) is 8.88. The number of likely N-dealkylation sites (N-methyl/N-ethyl adjacent to an activating group) is 1. The van der Waals surface area contributed by atoms with Crippen LogP contribution < -0.4 is 10.5 Å². The van der Waals surface area contributed by atoms with E-state index < -0.39 is 30.7 Å². The Balaban J connectivity index is 1.73. The molecule has 1 aliphatic rings. The maximum absolute atomic E-state index is 12.8. The fourth-order valence-electron chi connectivity index (χ4n) is 3.14. The molecule has 0 radical (unpaired) electrons. The number of nitrogens with zero attached hydrogens (tertiary/aromatic N) is 3. The second-order valence-electron chi connectivity index (χ2n) is 7.19. The van der Waals surface area contributed by atoms with Crippen LogP contribution >= 0.6 is 0 Å². The van der Waals surface area contributed by atoms with E-state index >= 15 is 0 Å². The van der Waals surface area contributed by atoms with Gasteiger partial charge < -0.3 is 10.2 Å². The molecular formula is C18H23N5O6S2. The predicted molar refractivity (Wildman–Crippen MR) is 114 cm³/mol. The Bertz CT molecular complexity index is 1170. The molecule has 0 bridgehead atoms. The standard InChI is InChI=1S/C18H23N5O6S2/c1-21-8-10-22(11-9-21)31(28,29)15-4-2-14(3-5-15)13-20-17-7-6-16(30(19,26)27)12-18(17)23(24)25/h2-7,12,20H,8-11,13H2,1H3,(H2,19,26,27). The van der Waals surface area contributed by atoms with Crippen LogP contribution in [0.15, 0.2) is 52.3 Å². The van der Waals surface area contributed by atoms with E-state index in [1.54, 1.807) is 12.1 Å². The van der Waals surface area contributed by atoms with Gasteiger partial charge in [-0.3, -0.25) is 10.1 Å². The summed E-state index contributed by atoms with van der Waals surface area (Å²) in [5.41, 5.74) is 0.384. The molecule has 2 aromatic carbocycles. The highest BCUT2D eigenvalue weighted by Crippen LogP contribution is 2.28. The number of nitro benzene ring substituents is 1. The highest BCUT2D eigenvalue weighted by atomic mass is 32.2. The van der Waals surface area contributed by atoms with Crippen molar-refractivity contribution >= 4 is 31.4 Å². The maximum atomic E-state index is 12.8. The Morgan fingerprint density at radius 1 is 1.00 bits per heavy atom. The van der Waals surface area contributed by atoms with E-state index in [0.717, 1.165) is 6.07 Å². The molecular weight excluding hydrogens is 446 g/mol. The van der Waals surface area contributed by atoms with E-state index in [1.165, 1.54) is 28.6 Å². The van der Waals surface area contributed by atoms with Crippen LogP contribution in [0, 0.1) is 10.1 Å². The van der Waals surface area contributed by atoms with E-state index in [2.05, 4.69) is 10.2 Å². The lowest BCUT2D eigenvalue weighted by molar-refractivity contribution is -0.384. The molecule has 0 saturated carbocycles. The van der Waals surface area contributed by atoms with Crippen molar-refractivity contribution in [1.29, 1.82) is 0 Å². The Kier molecular flexibility index (Phi) is 6.62. The van der Waals surface area contributed by atoms with Crippen LogP contribution in [-0.4, -0.2) is 64.2 Å². The van der Waals surface area contributed by atoms with Crippen molar-refractivity contribution in [3.63, 3.8) is 0 Å². The number of piperazine rings is 1. The summed E-state index contributed by atoms with van der Waals surface area (Å²) in [7, 11) is -5.70. The molecule has 1 heterocycles. The molecule has 0 unspecified atom stereocenters. The Morgan fingerprint density at radius 2 is 1.58 bits per heavy atom. The summed E-state index contributed by atoms with van der Waals surface area (Å²) < 4.78 is 49.8. The summed E-state index contributed by atoms with van der Waals surface area (Å²) in [5, 5.41) is 19.2. The summed E-state index contributed by atoms with van der Waals surface area (Å²) in [6.45, 7) is 2.37. The average Bonchev–Trinajstić information content (AvgIpc) is 2.72. The molecule has 0 amide bonds. The third-order valence-corrected chi connectivity index (χ3v) is 7.82. The summed E-state index contributed by atoms with van der Waals surface area (Å²) in [6, 6.07) is 9.59. The number of hydrogen-bond donors (Lipinski definition) is 2. The number of nitrogens with one attached hydrogen (secondary N) is 1. The van der Waals surface area contributed by atoms with E-state index in [0.29, 0.717) is 31.7 Å². The van der Waals surface area contributed by atoms with E-state index in [-0.39, 0.29) is 22.0 Å². The van der Waals surface area contributed by atoms with Crippen molar-refractivity contribution in [2.45, 2.75) is 16.3 Å². The fraction of sp³-hybridized carbons (Fsp3) is 0.333. The van der Waals surface area contributed by atoms with Gasteiger partial charge in [-0.05, 0) is 36.9 Å². The van der Waals surface area contributed by atoms with Gasteiger partial charge in [0, 0.05) is 38.8 Å². The van der Waals surface area contributed by atoms with Crippen LogP contribution in [0.3, 0.4) is 0 Å². The lowest BCUT2D eigenvalue weighted by Crippen LogP contribution is -2.46. The Hall–Kier alpha value is -2.58. The van der Waals surface area contributed by atoms with Gasteiger partial charge in [-0.15, -0.1) is 0 Å². The third kappa shape index (κ3) is 5.37. The number of rotatable bonds is 7. The SMILES string of the molecule is CN1CCN(S(=O)(=O)c2ccc(CNc3ccc(S(N)(=O)=O)cc3[N+](=O)[O-])cc2)CC1. The molecule has 1 aliphatic heterocycles. The first-order chi connectivity index (χ1) is 14.5. The van der Waals surface area contributed by atoms with Crippen LogP contribution in [-0.2, 0) is 26.6 Å². The molecule has 0 atom stereocenters. The topological polar surface area (TPSA) is 156 Å². The zero-order valence-corrected chi connectivity index (χ0v) is 18.4. The highest BCUT2D eigenvalue weighted by molar-refractivity contribution is 7.89. The number of sulfonamides is 2. The molecule has 13 heteroatoms. The molecule has 11 nitrogen and oxygen atoms in total. The zero-order chi connectivity index (χ0) is 22.8. The van der Waals surface area contributed by atoms with Crippen molar-refractivity contribution in [1.82, 2.24) is 9.21 Å². The van der Waals surface area contributed by atoms with Gasteiger partial charge in [0.05, 0.1) is 14.7 Å². The number of anilines is 1. The highest BCUT2D eigenvalue weighted by Gasteiger charge is 2.27. The second-order valence-corrected chi connectivity index (χ2v) is 10.7. The third-order valence-electron chi connectivity index (χ3n) is 5.00. The van der Waals surface area contributed by atoms with Gasteiger partial charge in [0.1, 0.15) is 5.69 Å². The fourth-order valence-corrected chi connectivity index (χ4v) is 5.10. The van der Waals surface area contributed by atoms with Crippen molar-refractivity contribution in [3.05, 3.63) is 58.1 Å². The van der Waals surface area contributed by atoms with Gasteiger partial charge in [0.25, 0.3) is 5.69 Å². The predicted octanol–water partition coefficient (Wildman–Crippen LogP) is 0.790. The van der Waals surface area contributed by atoms with Crippen molar-refractivity contribution in [2.24, 2.45) is 5.14 Å². The van der Waals surface area contributed by atoms with Crippen molar-refractivity contribution < 1.29 is 21.8 Å². The van der Waals surface area contributed by atoms with Crippen LogP contribution in [0.1, 0.15) is 5.56 Å². The lowest BCUT2D eigenvalue weighted by atomic mass is 10.2. The molecule has 3 N–H and O–H groups in total. The van der Waals surface area contributed by atoms with Crippen LogP contribution in [0.5, 0.6) is 0 Å². The molecule has 0 spiro atoms. The minimum atomic E-state index is -4.07. The minimum Gasteiger partial charge on any atom is -0.375 e. The normalized spacial score (nSPS) is 16.2. The van der Waals surface area contributed by atoms with E-state index in [4.69, 9.17) is 5.14 Å². The molecule has 168 valence electrons. The summed E-state index contributed by atoms with van der Waals surface area (Å²) in [4.78, 5) is 12.5. The van der Waals surface area contributed by atoms with Crippen LogP contribution in [0.2, 0.25) is 0 Å². The number of benzene rings is 2. The lowest BCUT2D eigenvalue weighted by Gasteiger charge is -2.31. The van der Waals surface area contributed by atoms with Gasteiger partial charge >= 0.3 is 0 Å². The van der Waals surface area contributed by atoms with Gasteiger partial charge in [-0.2, -0.15) is 4.31 Å². The monoisotopic (exact) mass is 469 g/mol. The van der Waals surface area contributed by atoms with Crippen molar-refractivity contribution in [3.8, 4) is 0 Å². The largest absolute Gasteiger partial charge is 0.375 e. The average molecular weight is 470 g/mol. The van der Waals surface area contributed by atoms with Gasteiger partial charge in [0.15, 0.2) is 0 Å². The smallest absolute Gasteiger partial charge is 0.293 e. The maximum Gasteiger partial charge on any atom is 0.293 e. The first-order valence-electron chi connectivity index (χ1n) is 9.31. The van der Waals surface area contributed by atoms with Gasteiger partial charge in [-0.1, -0.05) is 12.1 Å². The molecule has 3 rings (SSSR count). The van der Waals surface area contributed by atoms with Crippen LogP contribution in [0.4, 0.5) is 11.4 Å². The Labute approximate surface area is 180 Å². The Morgan fingerprint density at radius 3 is 2.13 bits per heavy atom. The molecule has 1 fully saturated rings. The van der Waals surface area contributed by atoms with E-state index in [1.807, 2.05) is 7.05 Å². The molecule has 2 aromatic rings. The minimum absolute atomic E-state index is 0.117. The first-order valence-corrected chi connectivity index (χ1v) is 12.3. The first kappa shape index (κ1) is 23.1. The van der Waals surface area contributed by atoms with Gasteiger partial charge in [-0.25, -0.2) is 22.0 Å². The van der Waals surface area contributed by atoms with Crippen LogP contribution in [0.25, 0.3) is 0 Å². The van der Waals surface area contributed by atoms with Crippen molar-refractivity contribution in [2.75, 3.05) is 38.5 Å². The summed E-state index contributed by atoms with van der Waals surface area (Å²) >= 11 is 0. The zero-order valence-electron chi connectivity index (χ0n) is 16.8. The van der Waals surface area contributed by atoms with Gasteiger partial charge in [0.2, 0.25) is 20.0 Å².